The van der Waals surface area contributed by atoms with Gasteiger partial charge in [0.15, 0.2) is 11.6 Å². The molecule has 2 aromatic rings. The van der Waals surface area contributed by atoms with Crippen LogP contribution in [0.3, 0.4) is 0 Å². The van der Waals surface area contributed by atoms with Gasteiger partial charge in [-0.3, -0.25) is 14.7 Å². The van der Waals surface area contributed by atoms with Gasteiger partial charge in [0.1, 0.15) is 0 Å². The van der Waals surface area contributed by atoms with Gasteiger partial charge in [0.05, 0.1) is 31.9 Å². The van der Waals surface area contributed by atoms with E-state index in [0.29, 0.717) is 31.8 Å². The van der Waals surface area contributed by atoms with Gasteiger partial charge < -0.3 is 19.5 Å². The first-order valence-corrected chi connectivity index (χ1v) is 8.37. The molecule has 1 N–H and O–H groups in total. The molecule has 26 heavy (non-hydrogen) atoms. The third-order valence-corrected chi connectivity index (χ3v) is 4.39. The Kier molecular flexibility index (Phi) is 5.53. The van der Waals surface area contributed by atoms with Crippen molar-refractivity contribution in [2.75, 3.05) is 51.8 Å². The fourth-order valence-electron chi connectivity index (χ4n) is 3.26. The molecule has 0 spiro atoms. The van der Waals surface area contributed by atoms with E-state index in [-0.39, 0.29) is 18.4 Å². The fraction of sp³-hybridized carbons (Fsp3) is 0.444. The number of pyridine rings is 1. The number of carboxylic acid groups (broad SMARTS) is 1. The van der Waals surface area contributed by atoms with Gasteiger partial charge in [-0.25, -0.2) is 4.39 Å². The minimum absolute atomic E-state index is 0.0332. The van der Waals surface area contributed by atoms with Crippen molar-refractivity contribution >= 4 is 22.6 Å². The zero-order chi connectivity index (χ0) is 18.7. The quantitative estimate of drug-likeness (QED) is 0.836. The Balaban J connectivity index is 1.83. The lowest BCUT2D eigenvalue weighted by Gasteiger charge is -2.36. The van der Waals surface area contributed by atoms with Crippen molar-refractivity contribution in [2.24, 2.45) is 0 Å². The highest BCUT2D eigenvalue weighted by Gasteiger charge is 2.24. The summed E-state index contributed by atoms with van der Waals surface area (Å²) < 4.78 is 24.8. The molecule has 1 saturated heterocycles. The first kappa shape index (κ1) is 18.3. The SMILES string of the molecule is COc1cc2c(N3CCOC(CN(C)CC(=O)O)C3)ccnc2cc1F. The van der Waals surface area contributed by atoms with E-state index in [1.807, 2.05) is 6.07 Å². The molecule has 7 nitrogen and oxygen atoms in total. The Morgan fingerprint density at radius 1 is 1.54 bits per heavy atom. The molecule has 1 aromatic heterocycles. The highest BCUT2D eigenvalue weighted by molar-refractivity contribution is 5.92. The van der Waals surface area contributed by atoms with Crippen LogP contribution in [-0.2, 0) is 9.53 Å². The highest BCUT2D eigenvalue weighted by Crippen LogP contribution is 2.31. The molecule has 1 unspecified atom stereocenters. The third-order valence-electron chi connectivity index (χ3n) is 4.39. The maximum absolute atomic E-state index is 14.0. The van der Waals surface area contributed by atoms with E-state index in [1.165, 1.54) is 13.2 Å². The monoisotopic (exact) mass is 363 g/mol. The molecule has 0 aliphatic carbocycles. The number of fused-ring (bicyclic) bond motifs is 1. The number of likely N-dealkylation sites (N-methyl/N-ethyl adjacent to an activating group) is 1. The molecule has 140 valence electrons. The van der Waals surface area contributed by atoms with Crippen molar-refractivity contribution in [3.05, 3.63) is 30.2 Å². The van der Waals surface area contributed by atoms with Crippen molar-refractivity contribution < 1.29 is 23.8 Å². The molecule has 3 rings (SSSR count). The average Bonchev–Trinajstić information content (AvgIpc) is 2.60. The number of hydrogen-bond acceptors (Lipinski definition) is 6. The van der Waals surface area contributed by atoms with Gasteiger partial charge in [0, 0.05) is 43.0 Å². The summed E-state index contributed by atoms with van der Waals surface area (Å²) in [6.07, 6.45) is 1.54. The number of benzene rings is 1. The van der Waals surface area contributed by atoms with Crippen LogP contribution in [0.25, 0.3) is 10.9 Å². The van der Waals surface area contributed by atoms with Crippen molar-refractivity contribution in [3.63, 3.8) is 0 Å². The summed E-state index contributed by atoms with van der Waals surface area (Å²) in [5.74, 6) is -1.13. The predicted molar refractivity (Wildman–Crippen MR) is 95.3 cm³/mol. The number of methoxy groups -OCH3 is 1. The van der Waals surface area contributed by atoms with Crippen LogP contribution in [0.5, 0.6) is 5.75 Å². The molecule has 0 amide bonds. The summed E-state index contributed by atoms with van der Waals surface area (Å²) >= 11 is 0. The molecule has 2 heterocycles. The van der Waals surface area contributed by atoms with Crippen LogP contribution in [0, 0.1) is 5.82 Å². The molecule has 8 heteroatoms. The van der Waals surface area contributed by atoms with Gasteiger partial charge in [-0.2, -0.15) is 0 Å². The van der Waals surface area contributed by atoms with Crippen LogP contribution < -0.4 is 9.64 Å². The normalized spacial score (nSPS) is 17.7. The van der Waals surface area contributed by atoms with E-state index in [4.69, 9.17) is 14.6 Å². The molecule has 0 bridgehead atoms. The molecule has 1 atom stereocenters. The van der Waals surface area contributed by atoms with Crippen LogP contribution in [-0.4, -0.2) is 74.0 Å². The van der Waals surface area contributed by atoms with Gasteiger partial charge in [-0.05, 0) is 19.2 Å². The summed E-state index contributed by atoms with van der Waals surface area (Å²) in [4.78, 5) is 19.0. The Bertz CT molecular complexity index is 801. The van der Waals surface area contributed by atoms with Crippen molar-refractivity contribution in [3.8, 4) is 5.75 Å². The molecule has 1 aliphatic rings. The highest BCUT2D eigenvalue weighted by atomic mass is 19.1. The second kappa shape index (κ2) is 7.84. The van der Waals surface area contributed by atoms with E-state index in [0.717, 1.165) is 11.1 Å². The largest absolute Gasteiger partial charge is 0.494 e. The van der Waals surface area contributed by atoms with E-state index in [2.05, 4.69) is 9.88 Å². The number of carbonyl (C=O) groups is 1. The number of aromatic nitrogens is 1. The van der Waals surface area contributed by atoms with E-state index in [9.17, 15) is 9.18 Å². The molecular weight excluding hydrogens is 341 g/mol. The lowest BCUT2D eigenvalue weighted by atomic mass is 10.1. The lowest BCUT2D eigenvalue weighted by molar-refractivity contribution is -0.138. The fourth-order valence-corrected chi connectivity index (χ4v) is 3.26. The van der Waals surface area contributed by atoms with Crippen LogP contribution in [0.15, 0.2) is 24.4 Å². The number of ether oxygens (including phenoxy) is 2. The average molecular weight is 363 g/mol. The standard InChI is InChI=1S/C18H22FN3O4/c1-21(11-18(23)24)9-12-10-22(5-6-26-12)16-3-4-20-15-8-14(19)17(25-2)7-13(15)16/h3-4,7-8,12H,5-6,9-11H2,1-2H3,(H,23,24). The topological polar surface area (TPSA) is 75.1 Å². The van der Waals surface area contributed by atoms with Crippen LogP contribution in [0.2, 0.25) is 0 Å². The molecular formula is C18H22FN3O4. The molecule has 1 aromatic carbocycles. The van der Waals surface area contributed by atoms with Gasteiger partial charge in [-0.1, -0.05) is 0 Å². The van der Waals surface area contributed by atoms with Gasteiger partial charge in [0.2, 0.25) is 0 Å². The maximum Gasteiger partial charge on any atom is 0.317 e. The zero-order valence-electron chi connectivity index (χ0n) is 14.8. The van der Waals surface area contributed by atoms with Crippen LogP contribution >= 0.6 is 0 Å². The molecule has 1 aliphatic heterocycles. The first-order valence-electron chi connectivity index (χ1n) is 8.37. The minimum atomic E-state index is -0.866. The first-order chi connectivity index (χ1) is 12.5. The van der Waals surface area contributed by atoms with Gasteiger partial charge in [0.25, 0.3) is 0 Å². The number of anilines is 1. The van der Waals surface area contributed by atoms with Crippen molar-refractivity contribution in [2.45, 2.75) is 6.10 Å². The number of halogens is 1. The number of nitrogens with zero attached hydrogens (tertiary/aromatic N) is 3. The number of carboxylic acids is 1. The number of hydrogen-bond donors (Lipinski definition) is 1. The zero-order valence-corrected chi connectivity index (χ0v) is 14.8. The number of morpholine rings is 1. The van der Waals surface area contributed by atoms with E-state index in [1.54, 1.807) is 24.2 Å². The molecule has 1 fully saturated rings. The second-order valence-electron chi connectivity index (χ2n) is 6.36. The third kappa shape index (κ3) is 4.03. The smallest absolute Gasteiger partial charge is 0.317 e. The Labute approximate surface area is 150 Å². The molecule has 0 radical (unpaired) electrons. The minimum Gasteiger partial charge on any atom is -0.494 e. The summed E-state index contributed by atoms with van der Waals surface area (Å²) in [6.45, 7) is 2.33. The summed E-state index contributed by atoms with van der Waals surface area (Å²) in [5.41, 5.74) is 1.49. The second-order valence-corrected chi connectivity index (χ2v) is 6.36. The van der Waals surface area contributed by atoms with E-state index < -0.39 is 11.8 Å². The van der Waals surface area contributed by atoms with Crippen LogP contribution in [0.1, 0.15) is 0 Å². The van der Waals surface area contributed by atoms with Crippen molar-refractivity contribution in [1.29, 1.82) is 0 Å². The lowest BCUT2D eigenvalue weighted by Crippen LogP contribution is -2.47. The summed E-state index contributed by atoms with van der Waals surface area (Å²) in [7, 11) is 3.19. The number of rotatable bonds is 6. The number of aliphatic carboxylic acids is 1. The van der Waals surface area contributed by atoms with E-state index >= 15 is 0 Å². The Morgan fingerprint density at radius 3 is 3.08 bits per heavy atom. The van der Waals surface area contributed by atoms with Crippen LogP contribution in [0.4, 0.5) is 10.1 Å². The molecule has 0 saturated carbocycles. The maximum atomic E-state index is 14.0. The summed E-state index contributed by atoms with van der Waals surface area (Å²) in [5, 5.41) is 9.70. The Morgan fingerprint density at radius 2 is 2.35 bits per heavy atom. The van der Waals surface area contributed by atoms with Gasteiger partial charge >= 0.3 is 5.97 Å². The van der Waals surface area contributed by atoms with Crippen molar-refractivity contribution in [1.82, 2.24) is 9.88 Å². The Hall–Kier alpha value is -2.45. The predicted octanol–water partition coefficient (Wildman–Crippen LogP) is 1.60. The van der Waals surface area contributed by atoms with Gasteiger partial charge in [-0.15, -0.1) is 0 Å². The summed E-state index contributed by atoms with van der Waals surface area (Å²) in [6, 6.07) is 4.92.